The highest BCUT2D eigenvalue weighted by Crippen LogP contribution is 2.30. The molecule has 0 atom stereocenters. The number of halogens is 2. The van der Waals surface area contributed by atoms with Crippen LogP contribution in [0.25, 0.3) is 0 Å². The van der Waals surface area contributed by atoms with Crippen molar-refractivity contribution >= 4 is 23.2 Å². The average Bonchev–Trinajstić information content (AvgIpc) is 2.47. The van der Waals surface area contributed by atoms with E-state index < -0.39 is 0 Å². The first-order chi connectivity index (χ1) is 9.63. The van der Waals surface area contributed by atoms with Crippen molar-refractivity contribution in [2.24, 2.45) is 5.73 Å². The second kappa shape index (κ2) is 6.84. The van der Waals surface area contributed by atoms with Crippen LogP contribution >= 0.6 is 23.2 Å². The molecule has 0 aromatic heterocycles. The molecule has 0 aliphatic rings. The summed E-state index contributed by atoms with van der Waals surface area (Å²) in [5, 5.41) is 1.24. The molecule has 3 nitrogen and oxygen atoms in total. The summed E-state index contributed by atoms with van der Waals surface area (Å²) < 4.78 is 11.0. The van der Waals surface area contributed by atoms with Crippen LogP contribution in [-0.2, 0) is 13.2 Å². The van der Waals surface area contributed by atoms with Crippen molar-refractivity contribution < 1.29 is 9.47 Å². The molecule has 0 unspecified atom stereocenters. The Bertz CT molecular complexity index is 602. The van der Waals surface area contributed by atoms with E-state index in [2.05, 4.69) is 0 Å². The molecule has 0 fully saturated rings. The minimum Gasteiger partial charge on any atom is -0.493 e. The molecular weight excluding hydrogens is 297 g/mol. The van der Waals surface area contributed by atoms with Gasteiger partial charge in [-0.2, -0.15) is 0 Å². The van der Waals surface area contributed by atoms with Gasteiger partial charge in [-0.05, 0) is 35.9 Å². The topological polar surface area (TPSA) is 44.5 Å². The third kappa shape index (κ3) is 3.57. The monoisotopic (exact) mass is 311 g/mol. The van der Waals surface area contributed by atoms with E-state index in [0.717, 1.165) is 11.1 Å². The van der Waals surface area contributed by atoms with E-state index in [9.17, 15) is 0 Å². The van der Waals surface area contributed by atoms with Crippen LogP contribution in [0.15, 0.2) is 36.4 Å². The molecule has 2 aromatic rings. The summed E-state index contributed by atoms with van der Waals surface area (Å²) in [6, 6.07) is 10.9. The number of benzene rings is 2. The predicted molar refractivity (Wildman–Crippen MR) is 81.7 cm³/mol. The van der Waals surface area contributed by atoms with E-state index in [0.29, 0.717) is 34.7 Å². The van der Waals surface area contributed by atoms with Gasteiger partial charge in [-0.3, -0.25) is 0 Å². The van der Waals surface area contributed by atoms with Crippen molar-refractivity contribution in [2.75, 3.05) is 7.11 Å². The van der Waals surface area contributed by atoms with Gasteiger partial charge >= 0.3 is 0 Å². The zero-order valence-corrected chi connectivity index (χ0v) is 12.5. The lowest BCUT2D eigenvalue weighted by Crippen LogP contribution is -2.01. The molecule has 0 saturated carbocycles. The summed E-state index contributed by atoms with van der Waals surface area (Å²) in [7, 11) is 1.59. The molecule has 2 rings (SSSR count). The Morgan fingerprint density at radius 1 is 1.05 bits per heavy atom. The molecule has 0 bridgehead atoms. The molecule has 5 heteroatoms. The lowest BCUT2D eigenvalue weighted by Gasteiger charge is -2.13. The summed E-state index contributed by atoms with van der Waals surface area (Å²) in [4.78, 5) is 0. The number of nitrogens with two attached hydrogens (primary N) is 1. The molecule has 0 heterocycles. The van der Waals surface area contributed by atoms with Gasteiger partial charge in [-0.25, -0.2) is 0 Å². The highest BCUT2D eigenvalue weighted by molar-refractivity contribution is 6.33. The van der Waals surface area contributed by atoms with E-state index in [1.54, 1.807) is 25.3 Å². The van der Waals surface area contributed by atoms with Crippen molar-refractivity contribution in [3.05, 3.63) is 57.6 Å². The Morgan fingerprint density at radius 2 is 1.85 bits per heavy atom. The van der Waals surface area contributed by atoms with Crippen molar-refractivity contribution in [2.45, 2.75) is 13.2 Å². The molecular formula is C15H15Cl2NO2. The fourth-order valence-electron chi connectivity index (χ4n) is 1.77. The Morgan fingerprint density at radius 3 is 2.55 bits per heavy atom. The molecule has 20 heavy (non-hydrogen) atoms. The quantitative estimate of drug-likeness (QED) is 0.906. The smallest absolute Gasteiger partial charge is 0.161 e. The van der Waals surface area contributed by atoms with Crippen LogP contribution in [0.3, 0.4) is 0 Å². The molecule has 0 saturated heterocycles. The van der Waals surface area contributed by atoms with Gasteiger partial charge < -0.3 is 15.2 Å². The fourth-order valence-corrected chi connectivity index (χ4v) is 2.14. The van der Waals surface area contributed by atoms with Crippen molar-refractivity contribution in [1.29, 1.82) is 0 Å². The van der Waals surface area contributed by atoms with Gasteiger partial charge in [0.05, 0.1) is 7.11 Å². The zero-order valence-electron chi connectivity index (χ0n) is 11.0. The van der Waals surface area contributed by atoms with Crippen molar-refractivity contribution in [3.63, 3.8) is 0 Å². The average molecular weight is 312 g/mol. The highest BCUT2D eigenvalue weighted by Gasteiger charge is 2.08. The third-order valence-electron chi connectivity index (χ3n) is 2.85. The normalized spacial score (nSPS) is 10.4. The summed E-state index contributed by atoms with van der Waals surface area (Å²) in [5.74, 6) is 1.28. The molecule has 2 N–H and O–H groups in total. The van der Waals surface area contributed by atoms with Crippen LogP contribution in [0, 0.1) is 0 Å². The maximum absolute atomic E-state index is 6.10. The van der Waals surface area contributed by atoms with Crippen LogP contribution in [0.1, 0.15) is 11.1 Å². The Balaban J connectivity index is 2.19. The molecule has 0 aliphatic heterocycles. The van der Waals surface area contributed by atoms with Gasteiger partial charge in [-0.1, -0.05) is 29.3 Å². The lowest BCUT2D eigenvalue weighted by molar-refractivity contribution is 0.284. The minimum absolute atomic E-state index is 0.309. The summed E-state index contributed by atoms with van der Waals surface area (Å²) in [6.07, 6.45) is 0. The third-order valence-corrected chi connectivity index (χ3v) is 3.46. The van der Waals surface area contributed by atoms with Crippen LogP contribution < -0.4 is 15.2 Å². The van der Waals surface area contributed by atoms with E-state index in [4.69, 9.17) is 38.4 Å². The molecule has 106 valence electrons. The zero-order chi connectivity index (χ0) is 14.5. The first-order valence-corrected chi connectivity index (χ1v) is 6.83. The van der Waals surface area contributed by atoms with Gasteiger partial charge in [0, 0.05) is 22.2 Å². The van der Waals surface area contributed by atoms with Gasteiger partial charge in [0.25, 0.3) is 0 Å². The van der Waals surface area contributed by atoms with Crippen LogP contribution in [0.5, 0.6) is 11.5 Å². The first kappa shape index (κ1) is 15.0. The molecule has 0 aliphatic carbocycles. The maximum Gasteiger partial charge on any atom is 0.161 e. The maximum atomic E-state index is 6.10. The first-order valence-electron chi connectivity index (χ1n) is 6.07. The van der Waals surface area contributed by atoms with Gasteiger partial charge in [0.2, 0.25) is 0 Å². The fraction of sp³-hybridized carbons (Fsp3) is 0.200. The number of ether oxygens (including phenoxy) is 2. The van der Waals surface area contributed by atoms with Crippen molar-refractivity contribution in [1.82, 2.24) is 0 Å². The molecule has 2 aromatic carbocycles. The second-order valence-electron chi connectivity index (χ2n) is 4.21. The van der Waals surface area contributed by atoms with Gasteiger partial charge in [0.15, 0.2) is 11.5 Å². The molecule has 0 spiro atoms. The number of hydrogen-bond acceptors (Lipinski definition) is 3. The Hall–Kier alpha value is -1.42. The second-order valence-corrected chi connectivity index (χ2v) is 5.06. The summed E-state index contributed by atoms with van der Waals surface area (Å²) >= 11 is 12.1. The number of hydrogen-bond donors (Lipinski definition) is 1. The van der Waals surface area contributed by atoms with E-state index >= 15 is 0 Å². The van der Waals surface area contributed by atoms with E-state index in [1.807, 2.05) is 18.2 Å². The van der Waals surface area contributed by atoms with Gasteiger partial charge in [-0.15, -0.1) is 0 Å². The lowest BCUT2D eigenvalue weighted by atomic mass is 10.2. The minimum atomic E-state index is 0.309. The van der Waals surface area contributed by atoms with E-state index in [1.165, 1.54) is 0 Å². The number of methoxy groups -OCH3 is 1. The van der Waals surface area contributed by atoms with Crippen LogP contribution in [-0.4, -0.2) is 7.11 Å². The predicted octanol–water partition coefficient (Wildman–Crippen LogP) is 4.04. The van der Waals surface area contributed by atoms with Crippen LogP contribution in [0.2, 0.25) is 10.0 Å². The number of rotatable bonds is 5. The highest BCUT2D eigenvalue weighted by atomic mass is 35.5. The van der Waals surface area contributed by atoms with Crippen molar-refractivity contribution in [3.8, 4) is 11.5 Å². The Kier molecular flexibility index (Phi) is 5.12. The summed E-state index contributed by atoms with van der Waals surface area (Å²) in [5.41, 5.74) is 7.42. The summed E-state index contributed by atoms with van der Waals surface area (Å²) in [6.45, 7) is 0.752. The largest absolute Gasteiger partial charge is 0.493 e. The standard InChI is InChI=1S/C15H15Cl2NO2/c1-19-14-5-2-10(8-18)6-15(14)20-9-11-7-12(16)3-4-13(11)17/h2-7H,8-9,18H2,1H3. The SMILES string of the molecule is COc1ccc(CN)cc1OCc1cc(Cl)ccc1Cl. The van der Waals surface area contributed by atoms with E-state index in [-0.39, 0.29) is 0 Å². The molecule has 0 amide bonds. The van der Waals surface area contributed by atoms with Crippen LogP contribution in [0.4, 0.5) is 0 Å². The Labute approximate surface area is 128 Å². The van der Waals surface area contributed by atoms with Gasteiger partial charge in [0.1, 0.15) is 6.61 Å². The molecule has 0 radical (unpaired) electrons.